The largest absolute Gasteiger partial charge is 0.493 e. The molecule has 1 saturated heterocycles. The van der Waals surface area contributed by atoms with Crippen LogP contribution in [0.1, 0.15) is 22.7 Å². The van der Waals surface area contributed by atoms with E-state index >= 15 is 0 Å². The summed E-state index contributed by atoms with van der Waals surface area (Å²) in [5.74, 6) is 2.13. The van der Waals surface area contributed by atoms with Crippen molar-refractivity contribution < 1.29 is 14.2 Å². The molecule has 1 aromatic carbocycles. The van der Waals surface area contributed by atoms with Crippen molar-refractivity contribution in [3.05, 3.63) is 40.1 Å². The molecule has 2 aromatic rings. The van der Waals surface area contributed by atoms with Gasteiger partial charge in [-0.25, -0.2) is 0 Å². The summed E-state index contributed by atoms with van der Waals surface area (Å²) in [5.41, 5.74) is 0.891. The van der Waals surface area contributed by atoms with E-state index in [9.17, 15) is 0 Å². The summed E-state index contributed by atoms with van der Waals surface area (Å²) in [7, 11) is 3.27. The minimum Gasteiger partial charge on any atom is -0.493 e. The smallest absolute Gasteiger partial charge is 0.195 e. The number of methoxy groups -OCH3 is 2. The third-order valence-corrected chi connectivity index (χ3v) is 6.09. The molecule has 2 heterocycles. The Morgan fingerprint density at radius 2 is 1.90 bits per heavy atom. The maximum atomic E-state index is 5.55. The summed E-state index contributed by atoms with van der Waals surface area (Å²) in [6.07, 6.45) is 0. The molecule has 0 bridgehead atoms. The summed E-state index contributed by atoms with van der Waals surface area (Å²) < 4.78 is 16.3. The van der Waals surface area contributed by atoms with Crippen LogP contribution in [0.15, 0.2) is 35.3 Å². The fraction of sp³-hybridized carbons (Fsp3) is 0.500. The van der Waals surface area contributed by atoms with Crippen LogP contribution in [0, 0.1) is 6.92 Å². The monoisotopic (exact) mass is 560 g/mol. The number of nitrogens with zero attached hydrogens (tertiary/aromatic N) is 2. The second kappa shape index (κ2) is 13.1. The van der Waals surface area contributed by atoms with E-state index < -0.39 is 0 Å². The molecule has 0 spiro atoms. The molecule has 1 aliphatic heterocycles. The summed E-state index contributed by atoms with van der Waals surface area (Å²) in [5, 5.41) is 6.72. The molecule has 1 fully saturated rings. The molecular formula is C22H33IN4O3S. The van der Waals surface area contributed by atoms with Crippen molar-refractivity contribution in [2.75, 3.05) is 58.9 Å². The zero-order chi connectivity index (χ0) is 21.3. The first-order valence-electron chi connectivity index (χ1n) is 10.3. The topological polar surface area (TPSA) is 67.4 Å². The van der Waals surface area contributed by atoms with Crippen molar-refractivity contribution >= 4 is 47.0 Å². The van der Waals surface area contributed by atoms with Crippen molar-refractivity contribution in [3.8, 4) is 11.5 Å². The number of thiophene rings is 1. The zero-order valence-electron chi connectivity index (χ0n) is 18.6. The Bertz CT molecular complexity index is 840. The molecule has 2 N–H and O–H groups in total. The highest BCUT2D eigenvalue weighted by Gasteiger charge is 2.24. The summed E-state index contributed by atoms with van der Waals surface area (Å²) >= 11 is 1.84. The normalized spacial score (nSPS) is 15.7. The highest BCUT2D eigenvalue weighted by molar-refractivity contribution is 14.0. The molecule has 1 atom stereocenters. The number of anilines is 1. The predicted octanol–water partition coefficient (Wildman–Crippen LogP) is 4.14. The molecule has 0 aliphatic carbocycles. The van der Waals surface area contributed by atoms with Gasteiger partial charge in [0.05, 0.1) is 40.0 Å². The lowest BCUT2D eigenvalue weighted by Gasteiger charge is -2.33. The number of guanidine groups is 1. The van der Waals surface area contributed by atoms with Crippen LogP contribution in [0.5, 0.6) is 11.5 Å². The first-order valence-corrected chi connectivity index (χ1v) is 11.1. The van der Waals surface area contributed by atoms with E-state index in [1.807, 2.05) is 29.5 Å². The van der Waals surface area contributed by atoms with Gasteiger partial charge in [-0.2, -0.15) is 0 Å². The average Bonchev–Trinajstić information content (AvgIpc) is 3.20. The number of benzene rings is 1. The molecule has 3 rings (SSSR count). The predicted molar refractivity (Wildman–Crippen MR) is 139 cm³/mol. The van der Waals surface area contributed by atoms with Gasteiger partial charge < -0.3 is 24.8 Å². The van der Waals surface area contributed by atoms with Crippen LogP contribution in [0.3, 0.4) is 0 Å². The quantitative estimate of drug-likeness (QED) is 0.288. The molecule has 7 nitrogen and oxygen atoms in total. The average molecular weight is 561 g/mol. The first-order chi connectivity index (χ1) is 14.6. The first kappa shape index (κ1) is 25.7. The molecule has 1 unspecified atom stereocenters. The molecule has 172 valence electrons. The van der Waals surface area contributed by atoms with Crippen LogP contribution >= 0.6 is 35.3 Å². The van der Waals surface area contributed by atoms with Crippen molar-refractivity contribution in [3.63, 3.8) is 0 Å². The lowest BCUT2D eigenvalue weighted by Crippen LogP contribution is -2.40. The number of rotatable bonds is 8. The van der Waals surface area contributed by atoms with E-state index in [2.05, 4.69) is 41.5 Å². The molecule has 0 radical (unpaired) electrons. The number of morpholine rings is 1. The van der Waals surface area contributed by atoms with Gasteiger partial charge in [0, 0.05) is 41.1 Å². The highest BCUT2D eigenvalue weighted by Crippen LogP contribution is 2.30. The van der Waals surface area contributed by atoms with E-state index in [4.69, 9.17) is 19.2 Å². The van der Waals surface area contributed by atoms with Crippen LogP contribution in [0.25, 0.3) is 0 Å². The maximum absolute atomic E-state index is 5.55. The fourth-order valence-corrected chi connectivity index (χ4v) is 4.45. The molecular weight excluding hydrogens is 527 g/mol. The van der Waals surface area contributed by atoms with Gasteiger partial charge in [-0.3, -0.25) is 9.89 Å². The number of nitrogens with one attached hydrogen (secondary N) is 2. The van der Waals surface area contributed by atoms with E-state index in [1.54, 1.807) is 14.2 Å². The van der Waals surface area contributed by atoms with Gasteiger partial charge in [0.25, 0.3) is 0 Å². The van der Waals surface area contributed by atoms with E-state index in [1.165, 1.54) is 9.75 Å². The second-order valence-electron chi connectivity index (χ2n) is 7.03. The third kappa shape index (κ3) is 7.23. The Morgan fingerprint density at radius 3 is 2.52 bits per heavy atom. The standard InChI is InChI=1S/C22H32N4O3S.HI/c1-5-23-22(25-17-7-8-19(27-3)20(14-17)28-4)24-15-18(21-9-6-16(2)30-21)26-10-12-29-13-11-26;/h6-9,14,18H,5,10-13,15H2,1-4H3,(H2,23,24,25);1H. The molecule has 0 saturated carbocycles. The number of aliphatic imine (C=N–C) groups is 1. The van der Waals surface area contributed by atoms with Crippen molar-refractivity contribution in [2.24, 2.45) is 4.99 Å². The van der Waals surface area contributed by atoms with Crippen molar-refractivity contribution in [2.45, 2.75) is 19.9 Å². The Kier molecular flexibility index (Phi) is 10.9. The number of aryl methyl sites for hydroxylation is 1. The van der Waals surface area contributed by atoms with Crippen molar-refractivity contribution in [1.29, 1.82) is 0 Å². The van der Waals surface area contributed by atoms with Gasteiger partial charge in [0.1, 0.15) is 0 Å². The Balaban J connectivity index is 0.00000341. The molecule has 1 aliphatic rings. The van der Waals surface area contributed by atoms with Gasteiger partial charge in [0.15, 0.2) is 17.5 Å². The summed E-state index contributed by atoms with van der Waals surface area (Å²) in [6.45, 7) is 9.06. The van der Waals surface area contributed by atoms with Crippen LogP contribution in [0.2, 0.25) is 0 Å². The highest BCUT2D eigenvalue weighted by atomic mass is 127. The minimum absolute atomic E-state index is 0. The summed E-state index contributed by atoms with van der Waals surface area (Å²) in [6, 6.07) is 10.4. The molecule has 1 aromatic heterocycles. The number of halogens is 1. The number of ether oxygens (including phenoxy) is 3. The molecule has 0 amide bonds. The third-order valence-electron chi connectivity index (χ3n) is 4.99. The molecule has 31 heavy (non-hydrogen) atoms. The maximum Gasteiger partial charge on any atom is 0.195 e. The lowest BCUT2D eigenvalue weighted by atomic mass is 10.2. The second-order valence-corrected chi connectivity index (χ2v) is 8.35. The lowest BCUT2D eigenvalue weighted by molar-refractivity contribution is 0.0187. The van der Waals surface area contributed by atoms with Gasteiger partial charge in [-0.1, -0.05) is 0 Å². The molecule has 9 heteroatoms. The van der Waals surface area contributed by atoms with E-state index in [-0.39, 0.29) is 30.0 Å². The number of hydrogen-bond donors (Lipinski definition) is 2. The minimum atomic E-state index is 0. The number of hydrogen-bond acceptors (Lipinski definition) is 6. The van der Waals surface area contributed by atoms with Crippen molar-refractivity contribution in [1.82, 2.24) is 10.2 Å². The van der Waals surface area contributed by atoms with Gasteiger partial charge >= 0.3 is 0 Å². The summed E-state index contributed by atoms with van der Waals surface area (Å²) in [4.78, 5) is 10.1. The van der Waals surface area contributed by atoms with Crippen LogP contribution < -0.4 is 20.1 Å². The van der Waals surface area contributed by atoms with E-state index in [0.717, 1.165) is 44.5 Å². The van der Waals surface area contributed by atoms with Gasteiger partial charge in [-0.15, -0.1) is 35.3 Å². The van der Waals surface area contributed by atoms with Crippen LogP contribution in [0.4, 0.5) is 5.69 Å². The SMILES string of the molecule is CCNC(=NCC(c1ccc(C)s1)N1CCOCC1)Nc1ccc(OC)c(OC)c1.I. The van der Waals surface area contributed by atoms with Crippen LogP contribution in [-0.2, 0) is 4.74 Å². The Hall–Kier alpha value is -1.56. The van der Waals surface area contributed by atoms with Gasteiger partial charge in [-0.05, 0) is 38.1 Å². The van der Waals surface area contributed by atoms with Gasteiger partial charge in [0.2, 0.25) is 0 Å². The Morgan fingerprint density at radius 1 is 1.16 bits per heavy atom. The van der Waals surface area contributed by atoms with Crippen LogP contribution in [-0.4, -0.2) is 64.5 Å². The Labute approximate surface area is 206 Å². The van der Waals surface area contributed by atoms with E-state index in [0.29, 0.717) is 18.0 Å². The zero-order valence-corrected chi connectivity index (χ0v) is 21.8. The fourth-order valence-electron chi connectivity index (χ4n) is 3.44.